The summed E-state index contributed by atoms with van der Waals surface area (Å²) in [4.78, 5) is 39.3. The van der Waals surface area contributed by atoms with Gasteiger partial charge in [-0.2, -0.15) is 0 Å². The monoisotopic (exact) mass is 478 g/mol. The second-order valence-corrected chi connectivity index (χ2v) is 10.1. The van der Waals surface area contributed by atoms with Crippen molar-refractivity contribution in [1.29, 1.82) is 0 Å². The van der Waals surface area contributed by atoms with Gasteiger partial charge in [0, 0.05) is 19.0 Å². The van der Waals surface area contributed by atoms with Gasteiger partial charge in [-0.3, -0.25) is 9.59 Å². The van der Waals surface area contributed by atoms with E-state index in [0.717, 1.165) is 35.1 Å². The van der Waals surface area contributed by atoms with Gasteiger partial charge >= 0.3 is 12.1 Å². The van der Waals surface area contributed by atoms with Crippen molar-refractivity contribution in [2.45, 2.75) is 52.0 Å². The highest BCUT2D eigenvalue weighted by molar-refractivity contribution is 5.86. The van der Waals surface area contributed by atoms with E-state index in [1.54, 1.807) is 18.7 Å². The van der Waals surface area contributed by atoms with E-state index in [4.69, 9.17) is 4.74 Å². The Morgan fingerprint density at radius 2 is 1.69 bits per heavy atom. The maximum absolute atomic E-state index is 13.2. The summed E-state index contributed by atoms with van der Waals surface area (Å²) < 4.78 is 5.62. The number of amides is 2. The Morgan fingerprint density at radius 3 is 2.26 bits per heavy atom. The van der Waals surface area contributed by atoms with Gasteiger partial charge in [0.2, 0.25) is 5.91 Å². The lowest BCUT2D eigenvalue weighted by Gasteiger charge is -2.40. The van der Waals surface area contributed by atoms with Crippen molar-refractivity contribution in [3.05, 3.63) is 59.7 Å². The van der Waals surface area contributed by atoms with Gasteiger partial charge in [0.05, 0.1) is 5.41 Å². The van der Waals surface area contributed by atoms with E-state index >= 15 is 0 Å². The fourth-order valence-corrected chi connectivity index (χ4v) is 5.28. The third-order valence-corrected chi connectivity index (χ3v) is 7.65. The number of ether oxygens (including phenoxy) is 1. The van der Waals surface area contributed by atoms with Crippen LogP contribution < -0.4 is 5.32 Å². The number of piperidine rings is 1. The molecule has 1 aliphatic carbocycles. The first-order chi connectivity index (χ1) is 16.7. The number of likely N-dealkylation sites (tertiary alicyclic amines) is 1. The largest absolute Gasteiger partial charge is 0.481 e. The molecule has 0 radical (unpaired) electrons. The predicted molar refractivity (Wildman–Crippen MR) is 133 cm³/mol. The van der Waals surface area contributed by atoms with Crippen LogP contribution in [0.2, 0.25) is 0 Å². The van der Waals surface area contributed by atoms with Crippen LogP contribution in [0.25, 0.3) is 11.1 Å². The number of benzene rings is 2. The minimum atomic E-state index is -0.916. The van der Waals surface area contributed by atoms with Crippen LogP contribution in [0.4, 0.5) is 4.79 Å². The zero-order chi connectivity index (χ0) is 25.2. The standard InChI is InChI=1S/C28H34N2O5/c1-4-24(25(31)30-15-9-10-18(16-30)28(2,3)26(32)33)29-27(34)35-17-23-21-13-7-5-11-19(21)20-12-6-8-14-22(20)23/h5-8,11-14,18,23-24H,4,9-10,15-17H2,1-3H3,(H,29,34)(H,32,33)/t18?,24-/m1/s1. The molecule has 1 saturated heterocycles. The molecule has 7 heteroatoms. The number of aliphatic carboxylic acids is 1. The number of alkyl carbamates (subject to hydrolysis) is 1. The van der Waals surface area contributed by atoms with Crippen molar-refractivity contribution in [3.63, 3.8) is 0 Å². The molecular weight excluding hydrogens is 444 g/mol. The van der Waals surface area contributed by atoms with E-state index in [2.05, 4.69) is 29.6 Å². The number of hydrogen-bond acceptors (Lipinski definition) is 4. The lowest BCUT2D eigenvalue weighted by Crippen LogP contribution is -2.53. The molecule has 1 fully saturated rings. The number of nitrogens with zero attached hydrogens (tertiary/aromatic N) is 1. The first-order valence-corrected chi connectivity index (χ1v) is 12.4. The molecule has 0 spiro atoms. The highest BCUT2D eigenvalue weighted by Gasteiger charge is 2.41. The molecule has 0 aromatic heterocycles. The average Bonchev–Trinajstić information content (AvgIpc) is 3.19. The van der Waals surface area contributed by atoms with Gasteiger partial charge in [-0.25, -0.2) is 4.79 Å². The van der Waals surface area contributed by atoms with Crippen LogP contribution in [0, 0.1) is 11.3 Å². The van der Waals surface area contributed by atoms with Gasteiger partial charge in [0.1, 0.15) is 12.6 Å². The molecule has 7 nitrogen and oxygen atoms in total. The predicted octanol–water partition coefficient (Wildman–Crippen LogP) is 4.65. The van der Waals surface area contributed by atoms with Crippen LogP contribution in [-0.2, 0) is 14.3 Å². The fraction of sp³-hybridized carbons (Fsp3) is 0.464. The summed E-state index contributed by atoms with van der Waals surface area (Å²) in [7, 11) is 0. The van der Waals surface area contributed by atoms with Crippen LogP contribution in [0.3, 0.4) is 0 Å². The molecule has 186 valence electrons. The molecule has 2 amide bonds. The molecule has 1 aliphatic heterocycles. The van der Waals surface area contributed by atoms with Crippen LogP contribution in [-0.4, -0.2) is 53.7 Å². The Labute approximate surface area is 206 Å². The SMILES string of the molecule is CC[C@@H](NC(=O)OCC1c2ccccc2-c2ccccc21)C(=O)N1CCCC(C(C)(C)C(=O)O)C1. The van der Waals surface area contributed by atoms with Crippen LogP contribution in [0.5, 0.6) is 0 Å². The summed E-state index contributed by atoms with van der Waals surface area (Å²) >= 11 is 0. The Bertz CT molecular complexity index is 1070. The van der Waals surface area contributed by atoms with Gasteiger partial charge in [-0.1, -0.05) is 55.5 Å². The van der Waals surface area contributed by atoms with Gasteiger partial charge in [-0.05, 0) is 61.3 Å². The molecule has 0 bridgehead atoms. The number of rotatable bonds is 7. The molecule has 1 unspecified atom stereocenters. The first kappa shape index (κ1) is 24.8. The smallest absolute Gasteiger partial charge is 0.407 e. The number of carbonyl (C=O) groups excluding carboxylic acids is 2. The Kier molecular flexibility index (Phi) is 7.15. The summed E-state index contributed by atoms with van der Waals surface area (Å²) in [5, 5.41) is 12.3. The van der Waals surface area contributed by atoms with E-state index in [1.165, 1.54) is 0 Å². The van der Waals surface area contributed by atoms with Crippen molar-refractivity contribution in [3.8, 4) is 11.1 Å². The Morgan fingerprint density at radius 1 is 1.09 bits per heavy atom. The van der Waals surface area contributed by atoms with Crippen LogP contribution in [0.15, 0.2) is 48.5 Å². The van der Waals surface area contributed by atoms with Crippen LogP contribution in [0.1, 0.15) is 57.1 Å². The fourth-order valence-electron chi connectivity index (χ4n) is 5.28. The summed E-state index contributed by atoms with van der Waals surface area (Å²) in [6.45, 7) is 6.38. The van der Waals surface area contributed by atoms with Crippen molar-refractivity contribution >= 4 is 18.0 Å². The zero-order valence-corrected chi connectivity index (χ0v) is 20.6. The van der Waals surface area contributed by atoms with Gasteiger partial charge in [0.25, 0.3) is 0 Å². The Hall–Kier alpha value is -3.35. The van der Waals surface area contributed by atoms with Crippen LogP contribution >= 0.6 is 0 Å². The topological polar surface area (TPSA) is 95.9 Å². The average molecular weight is 479 g/mol. The minimum absolute atomic E-state index is 0.0509. The minimum Gasteiger partial charge on any atom is -0.481 e. The molecule has 2 aromatic rings. The highest BCUT2D eigenvalue weighted by Crippen LogP contribution is 2.44. The number of carbonyl (C=O) groups is 3. The first-order valence-electron chi connectivity index (χ1n) is 12.4. The number of fused-ring (bicyclic) bond motifs is 3. The van der Waals surface area contributed by atoms with Gasteiger partial charge in [0.15, 0.2) is 0 Å². The molecule has 2 N–H and O–H groups in total. The molecule has 2 atom stereocenters. The summed E-state index contributed by atoms with van der Waals surface area (Å²) in [6.07, 6.45) is 1.31. The lowest BCUT2D eigenvalue weighted by molar-refractivity contribution is -0.153. The van der Waals surface area contributed by atoms with Crippen molar-refractivity contribution in [2.75, 3.05) is 19.7 Å². The van der Waals surface area contributed by atoms with E-state index < -0.39 is 23.5 Å². The normalized spacial score (nSPS) is 18.4. The number of hydrogen-bond donors (Lipinski definition) is 2. The molecular formula is C28H34N2O5. The third-order valence-electron chi connectivity index (χ3n) is 7.65. The summed E-state index contributed by atoms with van der Waals surface area (Å²) in [5.41, 5.74) is 3.65. The summed E-state index contributed by atoms with van der Waals surface area (Å²) in [5.74, 6) is -1.23. The van der Waals surface area contributed by atoms with Crippen molar-refractivity contribution in [1.82, 2.24) is 10.2 Å². The summed E-state index contributed by atoms with van der Waals surface area (Å²) in [6, 6.07) is 15.6. The van der Waals surface area contributed by atoms with Crippen molar-refractivity contribution in [2.24, 2.45) is 11.3 Å². The Balaban J connectivity index is 1.38. The van der Waals surface area contributed by atoms with E-state index in [0.29, 0.717) is 19.5 Å². The third kappa shape index (κ3) is 4.90. The quantitative estimate of drug-likeness (QED) is 0.604. The second kappa shape index (κ2) is 10.1. The van der Waals surface area contributed by atoms with Gasteiger partial charge < -0.3 is 20.1 Å². The van der Waals surface area contributed by atoms with E-state index in [1.807, 2.05) is 31.2 Å². The lowest BCUT2D eigenvalue weighted by atomic mass is 9.74. The van der Waals surface area contributed by atoms with E-state index in [9.17, 15) is 19.5 Å². The van der Waals surface area contributed by atoms with Crippen molar-refractivity contribution < 1.29 is 24.2 Å². The zero-order valence-electron chi connectivity index (χ0n) is 20.6. The van der Waals surface area contributed by atoms with E-state index in [-0.39, 0.29) is 24.3 Å². The number of carboxylic acids is 1. The molecule has 35 heavy (non-hydrogen) atoms. The second-order valence-electron chi connectivity index (χ2n) is 10.1. The molecule has 0 saturated carbocycles. The maximum atomic E-state index is 13.2. The number of nitrogens with one attached hydrogen (secondary N) is 1. The van der Waals surface area contributed by atoms with Gasteiger partial charge in [-0.15, -0.1) is 0 Å². The molecule has 4 rings (SSSR count). The molecule has 1 heterocycles. The maximum Gasteiger partial charge on any atom is 0.407 e. The molecule has 2 aromatic carbocycles. The number of carboxylic acid groups (broad SMARTS) is 1. The molecule has 2 aliphatic rings. The highest BCUT2D eigenvalue weighted by atomic mass is 16.5.